The highest BCUT2D eigenvalue weighted by molar-refractivity contribution is 5.95. The van der Waals surface area contributed by atoms with Crippen molar-refractivity contribution in [3.8, 4) is 5.75 Å². The Bertz CT molecular complexity index is 976. The van der Waals surface area contributed by atoms with Crippen molar-refractivity contribution in [3.05, 3.63) is 54.4 Å². The van der Waals surface area contributed by atoms with Gasteiger partial charge in [-0.25, -0.2) is 4.98 Å². The standard InChI is InChI=1S/C23H28N4O2/c1-3-29-21-9-5-4-8-20(21)26-23(28)16(2)27-13-10-17(11-14-27)19-15-25-22-18(19)7-6-12-24-22/h4-9,12,15-17H,3,10-11,13-14H2,1-2H3,(H,24,25)(H,26,28). The average molecular weight is 393 g/mol. The Morgan fingerprint density at radius 3 is 2.86 bits per heavy atom. The van der Waals surface area contributed by atoms with Crippen LogP contribution in [0.25, 0.3) is 11.0 Å². The van der Waals surface area contributed by atoms with Crippen molar-refractivity contribution in [1.29, 1.82) is 0 Å². The Hall–Kier alpha value is -2.86. The highest BCUT2D eigenvalue weighted by Gasteiger charge is 2.28. The third-order valence-corrected chi connectivity index (χ3v) is 5.82. The number of aromatic nitrogens is 2. The molecule has 2 N–H and O–H groups in total. The Morgan fingerprint density at radius 2 is 2.07 bits per heavy atom. The smallest absolute Gasteiger partial charge is 0.241 e. The molecule has 0 saturated carbocycles. The lowest BCUT2D eigenvalue weighted by Gasteiger charge is -2.35. The molecule has 1 amide bonds. The van der Waals surface area contributed by atoms with E-state index in [1.165, 1.54) is 10.9 Å². The summed E-state index contributed by atoms with van der Waals surface area (Å²) in [5, 5.41) is 4.25. The van der Waals surface area contributed by atoms with Crippen LogP contribution >= 0.6 is 0 Å². The van der Waals surface area contributed by atoms with Crippen LogP contribution in [0.3, 0.4) is 0 Å². The zero-order valence-electron chi connectivity index (χ0n) is 17.0. The SMILES string of the molecule is CCOc1ccccc1NC(=O)C(C)N1CCC(c2c[nH]c3ncccc23)CC1. The zero-order valence-corrected chi connectivity index (χ0v) is 17.0. The molecule has 3 aromatic rings. The van der Waals surface area contributed by atoms with E-state index in [2.05, 4.69) is 32.4 Å². The van der Waals surface area contributed by atoms with E-state index in [0.29, 0.717) is 18.3 Å². The van der Waals surface area contributed by atoms with Gasteiger partial charge < -0.3 is 15.0 Å². The van der Waals surface area contributed by atoms with Crippen LogP contribution in [0, 0.1) is 0 Å². The number of aromatic amines is 1. The lowest BCUT2D eigenvalue weighted by Crippen LogP contribution is -2.45. The Kier molecular flexibility index (Phi) is 5.81. The molecule has 0 spiro atoms. The maximum atomic E-state index is 12.8. The first-order chi connectivity index (χ1) is 14.2. The molecule has 0 radical (unpaired) electrons. The lowest BCUT2D eigenvalue weighted by molar-refractivity contribution is -0.121. The molecule has 6 nitrogen and oxygen atoms in total. The molecule has 1 aliphatic heterocycles. The summed E-state index contributed by atoms with van der Waals surface area (Å²) in [5.41, 5.74) is 3.02. The molecule has 0 aliphatic carbocycles. The van der Waals surface area contributed by atoms with Gasteiger partial charge in [-0.15, -0.1) is 0 Å². The summed E-state index contributed by atoms with van der Waals surface area (Å²) in [7, 11) is 0. The van der Waals surface area contributed by atoms with E-state index in [1.807, 2.05) is 50.4 Å². The molecule has 29 heavy (non-hydrogen) atoms. The fourth-order valence-electron chi connectivity index (χ4n) is 4.17. The predicted octanol–water partition coefficient (Wildman–Crippen LogP) is 4.17. The molecule has 1 aromatic carbocycles. The van der Waals surface area contributed by atoms with Crippen LogP contribution in [0.2, 0.25) is 0 Å². The number of para-hydroxylation sites is 2. The first kappa shape index (κ1) is 19.5. The van der Waals surface area contributed by atoms with Crippen LogP contribution in [-0.2, 0) is 4.79 Å². The van der Waals surface area contributed by atoms with Crippen molar-refractivity contribution in [2.24, 2.45) is 0 Å². The van der Waals surface area contributed by atoms with Gasteiger partial charge in [0.2, 0.25) is 5.91 Å². The van der Waals surface area contributed by atoms with Gasteiger partial charge in [0.15, 0.2) is 0 Å². The number of carbonyl (C=O) groups is 1. The van der Waals surface area contributed by atoms with Gasteiger partial charge >= 0.3 is 0 Å². The topological polar surface area (TPSA) is 70.2 Å². The number of piperidine rings is 1. The van der Waals surface area contributed by atoms with E-state index in [1.54, 1.807) is 0 Å². The van der Waals surface area contributed by atoms with Gasteiger partial charge in [-0.1, -0.05) is 12.1 Å². The molecule has 152 valence electrons. The van der Waals surface area contributed by atoms with Crippen molar-refractivity contribution in [1.82, 2.24) is 14.9 Å². The molecule has 2 aromatic heterocycles. The number of ether oxygens (including phenoxy) is 1. The van der Waals surface area contributed by atoms with Crippen molar-refractivity contribution in [2.75, 3.05) is 25.0 Å². The maximum absolute atomic E-state index is 12.8. The summed E-state index contributed by atoms with van der Waals surface area (Å²) in [4.78, 5) is 22.8. The number of fused-ring (bicyclic) bond motifs is 1. The molecule has 1 atom stereocenters. The molecule has 4 rings (SSSR count). The molecule has 1 aliphatic rings. The van der Waals surface area contributed by atoms with Crippen LogP contribution < -0.4 is 10.1 Å². The largest absolute Gasteiger partial charge is 0.492 e. The number of anilines is 1. The Balaban J connectivity index is 1.37. The van der Waals surface area contributed by atoms with Crippen molar-refractivity contribution in [2.45, 2.75) is 38.6 Å². The minimum absolute atomic E-state index is 0.00639. The molecular formula is C23H28N4O2. The number of benzene rings is 1. The minimum Gasteiger partial charge on any atom is -0.492 e. The Morgan fingerprint density at radius 1 is 1.28 bits per heavy atom. The third kappa shape index (κ3) is 4.12. The Labute approximate surface area is 171 Å². The van der Waals surface area contributed by atoms with E-state index < -0.39 is 0 Å². The summed E-state index contributed by atoms with van der Waals surface area (Å²) in [6.07, 6.45) is 5.98. The molecule has 3 heterocycles. The van der Waals surface area contributed by atoms with Gasteiger partial charge in [0.25, 0.3) is 0 Å². The predicted molar refractivity (Wildman–Crippen MR) is 115 cm³/mol. The molecular weight excluding hydrogens is 364 g/mol. The molecule has 0 bridgehead atoms. The summed E-state index contributed by atoms with van der Waals surface area (Å²) >= 11 is 0. The second-order valence-corrected chi connectivity index (χ2v) is 7.55. The van der Waals surface area contributed by atoms with E-state index in [9.17, 15) is 4.79 Å². The first-order valence-electron chi connectivity index (χ1n) is 10.4. The number of H-pyrrole nitrogens is 1. The number of amides is 1. The summed E-state index contributed by atoms with van der Waals surface area (Å²) in [6.45, 7) is 6.29. The van der Waals surface area contributed by atoms with E-state index >= 15 is 0 Å². The minimum atomic E-state index is -0.185. The van der Waals surface area contributed by atoms with Crippen molar-refractivity contribution in [3.63, 3.8) is 0 Å². The van der Waals surface area contributed by atoms with E-state index in [4.69, 9.17) is 4.74 Å². The molecule has 1 fully saturated rings. The summed E-state index contributed by atoms with van der Waals surface area (Å²) in [6, 6.07) is 11.5. The molecule has 1 saturated heterocycles. The zero-order chi connectivity index (χ0) is 20.2. The number of pyridine rings is 1. The number of nitrogens with one attached hydrogen (secondary N) is 2. The molecule has 6 heteroatoms. The number of rotatable bonds is 6. The third-order valence-electron chi connectivity index (χ3n) is 5.82. The van der Waals surface area contributed by atoms with Crippen molar-refractivity contribution < 1.29 is 9.53 Å². The normalized spacial score (nSPS) is 16.6. The number of nitrogens with zero attached hydrogens (tertiary/aromatic N) is 2. The van der Waals surface area contributed by atoms with Gasteiger partial charge in [0.1, 0.15) is 11.4 Å². The first-order valence-corrected chi connectivity index (χ1v) is 10.4. The number of carbonyl (C=O) groups excluding carboxylic acids is 1. The van der Waals surface area contributed by atoms with Crippen LogP contribution in [0.5, 0.6) is 5.75 Å². The van der Waals surface area contributed by atoms with Crippen LogP contribution in [0.15, 0.2) is 48.8 Å². The number of hydrogen-bond donors (Lipinski definition) is 2. The fourth-order valence-corrected chi connectivity index (χ4v) is 4.17. The monoisotopic (exact) mass is 392 g/mol. The second-order valence-electron chi connectivity index (χ2n) is 7.55. The van der Waals surface area contributed by atoms with Crippen LogP contribution in [0.4, 0.5) is 5.69 Å². The number of hydrogen-bond acceptors (Lipinski definition) is 4. The lowest BCUT2D eigenvalue weighted by atomic mass is 9.89. The van der Waals surface area contributed by atoms with Gasteiger partial charge in [-0.3, -0.25) is 9.69 Å². The van der Waals surface area contributed by atoms with Crippen molar-refractivity contribution >= 4 is 22.6 Å². The average Bonchev–Trinajstić information content (AvgIpc) is 3.19. The van der Waals surface area contributed by atoms with Crippen LogP contribution in [-0.4, -0.2) is 46.5 Å². The van der Waals surface area contributed by atoms with Gasteiger partial charge in [0, 0.05) is 17.8 Å². The van der Waals surface area contributed by atoms with Gasteiger partial charge in [-0.05, 0) is 75.5 Å². The molecule has 1 unspecified atom stereocenters. The highest BCUT2D eigenvalue weighted by atomic mass is 16.5. The number of likely N-dealkylation sites (tertiary alicyclic amines) is 1. The fraction of sp³-hybridized carbons (Fsp3) is 0.391. The summed E-state index contributed by atoms with van der Waals surface area (Å²) < 4.78 is 5.62. The van der Waals surface area contributed by atoms with Crippen LogP contribution in [0.1, 0.15) is 38.2 Å². The van der Waals surface area contributed by atoms with Gasteiger partial charge in [0.05, 0.1) is 18.3 Å². The maximum Gasteiger partial charge on any atom is 0.241 e. The second kappa shape index (κ2) is 8.66. The van der Waals surface area contributed by atoms with Gasteiger partial charge in [-0.2, -0.15) is 0 Å². The van der Waals surface area contributed by atoms with E-state index in [0.717, 1.165) is 37.3 Å². The quantitative estimate of drug-likeness (QED) is 0.661. The summed E-state index contributed by atoms with van der Waals surface area (Å²) in [5.74, 6) is 1.22. The highest BCUT2D eigenvalue weighted by Crippen LogP contribution is 2.33. The van der Waals surface area contributed by atoms with E-state index in [-0.39, 0.29) is 11.9 Å².